The maximum atomic E-state index is 12.5. The Balaban J connectivity index is 1.26. The van der Waals surface area contributed by atoms with E-state index in [0.29, 0.717) is 13.1 Å². The number of piperazine rings is 1. The van der Waals surface area contributed by atoms with Gasteiger partial charge in [0.15, 0.2) is 18.2 Å². The first-order valence-corrected chi connectivity index (χ1v) is 11.0. The molecule has 0 radical (unpaired) electrons. The van der Waals surface area contributed by atoms with Gasteiger partial charge in [0.25, 0.3) is 5.91 Å². The number of ether oxygens (including phenoxy) is 1. The number of hydrogen-bond donors (Lipinski definition) is 0. The molecule has 2 saturated heterocycles. The second kappa shape index (κ2) is 9.78. The van der Waals surface area contributed by atoms with Gasteiger partial charge in [-0.1, -0.05) is 31.0 Å². The van der Waals surface area contributed by atoms with Crippen molar-refractivity contribution in [3.8, 4) is 5.75 Å². The van der Waals surface area contributed by atoms with Crippen LogP contribution >= 0.6 is 0 Å². The van der Waals surface area contributed by atoms with E-state index < -0.39 is 0 Å². The predicted molar refractivity (Wildman–Crippen MR) is 118 cm³/mol. The van der Waals surface area contributed by atoms with Gasteiger partial charge in [-0.25, -0.2) is 0 Å². The number of hydrogen-bond acceptors (Lipinski definition) is 6. The minimum Gasteiger partial charge on any atom is -0.484 e. The van der Waals surface area contributed by atoms with Crippen molar-refractivity contribution in [2.24, 2.45) is 0 Å². The van der Waals surface area contributed by atoms with Crippen LogP contribution in [0.5, 0.6) is 5.75 Å². The Labute approximate surface area is 178 Å². The predicted octanol–water partition coefficient (Wildman–Crippen LogP) is 2.89. The van der Waals surface area contributed by atoms with E-state index in [1.165, 1.54) is 25.7 Å². The van der Waals surface area contributed by atoms with E-state index in [1.54, 1.807) is 0 Å². The minimum absolute atomic E-state index is 0.0282. The molecule has 2 aliphatic rings. The van der Waals surface area contributed by atoms with Gasteiger partial charge in [-0.3, -0.25) is 4.79 Å². The summed E-state index contributed by atoms with van der Waals surface area (Å²) < 4.78 is 5.71. The SMILES string of the molecule is Cc1ccccc1OCC(=O)N1CCN(c2ccc(N3CCCCCC3)nn2)CC1. The summed E-state index contributed by atoms with van der Waals surface area (Å²) in [5.74, 6) is 2.66. The van der Waals surface area contributed by atoms with Crippen molar-refractivity contribution in [3.05, 3.63) is 42.0 Å². The zero-order chi connectivity index (χ0) is 20.8. The molecule has 4 rings (SSSR count). The first kappa shape index (κ1) is 20.4. The van der Waals surface area contributed by atoms with Crippen molar-refractivity contribution in [1.82, 2.24) is 15.1 Å². The summed E-state index contributed by atoms with van der Waals surface area (Å²) in [7, 11) is 0. The number of amides is 1. The molecule has 2 fully saturated rings. The molecule has 1 aromatic carbocycles. The highest BCUT2D eigenvalue weighted by atomic mass is 16.5. The van der Waals surface area contributed by atoms with Gasteiger partial charge in [0.2, 0.25) is 0 Å². The molecule has 1 aromatic heterocycles. The molecule has 1 amide bonds. The van der Waals surface area contributed by atoms with Crippen LogP contribution in [0.4, 0.5) is 11.6 Å². The summed E-state index contributed by atoms with van der Waals surface area (Å²) in [6, 6.07) is 11.9. The van der Waals surface area contributed by atoms with Crippen LogP contribution in [0.15, 0.2) is 36.4 Å². The summed E-state index contributed by atoms with van der Waals surface area (Å²) in [5.41, 5.74) is 1.04. The number of carbonyl (C=O) groups is 1. The molecule has 0 unspecified atom stereocenters. The number of carbonyl (C=O) groups excluding carboxylic acids is 1. The Bertz CT molecular complexity index is 826. The minimum atomic E-state index is 0.0282. The van der Waals surface area contributed by atoms with Crippen molar-refractivity contribution in [2.45, 2.75) is 32.6 Å². The molecular formula is C23H31N5O2. The smallest absolute Gasteiger partial charge is 0.260 e. The van der Waals surface area contributed by atoms with Crippen LogP contribution in [0.3, 0.4) is 0 Å². The van der Waals surface area contributed by atoms with E-state index in [4.69, 9.17) is 4.74 Å². The number of benzene rings is 1. The monoisotopic (exact) mass is 409 g/mol. The summed E-state index contributed by atoms with van der Waals surface area (Å²) in [4.78, 5) is 18.9. The molecule has 0 spiro atoms. The fourth-order valence-electron chi connectivity index (χ4n) is 4.09. The van der Waals surface area contributed by atoms with Crippen LogP contribution in [0.1, 0.15) is 31.2 Å². The first-order valence-electron chi connectivity index (χ1n) is 11.0. The van der Waals surface area contributed by atoms with E-state index in [2.05, 4.69) is 32.1 Å². The number of rotatable bonds is 5. The van der Waals surface area contributed by atoms with Crippen LogP contribution in [0.25, 0.3) is 0 Å². The number of aryl methyl sites for hydroxylation is 1. The second-order valence-corrected chi connectivity index (χ2v) is 8.07. The second-order valence-electron chi connectivity index (χ2n) is 8.07. The lowest BCUT2D eigenvalue weighted by Crippen LogP contribution is -2.50. The van der Waals surface area contributed by atoms with E-state index in [0.717, 1.165) is 49.1 Å². The third-order valence-corrected chi connectivity index (χ3v) is 5.97. The first-order chi connectivity index (χ1) is 14.7. The Morgan fingerprint density at radius 2 is 1.43 bits per heavy atom. The molecule has 0 atom stereocenters. The molecule has 3 heterocycles. The molecule has 160 valence electrons. The van der Waals surface area contributed by atoms with Crippen molar-refractivity contribution < 1.29 is 9.53 Å². The van der Waals surface area contributed by atoms with Gasteiger partial charge in [-0.15, -0.1) is 10.2 Å². The van der Waals surface area contributed by atoms with Crippen LogP contribution in [0.2, 0.25) is 0 Å². The fourth-order valence-corrected chi connectivity index (χ4v) is 4.09. The molecular weight excluding hydrogens is 378 g/mol. The van der Waals surface area contributed by atoms with Gasteiger partial charge >= 0.3 is 0 Å². The maximum Gasteiger partial charge on any atom is 0.260 e. The Kier molecular flexibility index (Phi) is 6.67. The Hall–Kier alpha value is -2.83. The Morgan fingerprint density at radius 3 is 2.03 bits per heavy atom. The summed E-state index contributed by atoms with van der Waals surface area (Å²) >= 11 is 0. The molecule has 7 heteroatoms. The van der Waals surface area contributed by atoms with E-state index in [-0.39, 0.29) is 12.5 Å². The van der Waals surface area contributed by atoms with Crippen molar-refractivity contribution >= 4 is 17.5 Å². The standard InChI is InChI=1S/C23H31N5O2/c1-19-8-4-5-9-20(19)30-18-23(29)28-16-14-27(15-17-28)22-11-10-21(24-25-22)26-12-6-2-3-7-13-26/h4-5,8-11H,2-3,6-7,12-18H2,1H3. The quantitative estimate of drug-likeness (QED) is 0.757. The highest BCUT2D eigenvalue weighted by molar-refractivity contribution is 5.78. The van der Waals surface area contributed by atoms with Crippen LogP contribution in [0, 0.1) is 6.92 Å². The van der Waals surface area contributed by atoms with Gasteiger partial charge in [-0.2, -0.15) is 0 Å². The molecule has 0 aliphatic carbocycles. The van der Waals surface area contributed by atoms with Gasteiger partial charge in [-0.05, 0) is 43.5 Å². The molecule has 0 bridgehead atoms. The fraction of sp³-hybridized carbons (Fsp3) is 0.522. The summed E-state index contributed by atoms with van der Waals surface area (Å²) in [5, 5.41) is 8.95. The normalized spacial score (nSPS) is 17.6. The number of anilines is 2. The van der Waals surface area contributed by atoms with Gasteiger partial charge in [0.05, 0.1) is 0 Å². The van der Waals surface area contributed by atoms with E-state index in [1.807, 2.05) is 36.1 Å². The molecule has 2 aliphatic heterocycles. The number of nitrogens with zero attached hydrogens (tertiary/aromatic N) is 5. The average Bonchev–Trinajstić information content (AvgIpc) is 3.08. The zero-order valence-electron chi connectivity index (χ0n) is 17.8. The number of para-hydroxylation sites is 1. The molecule has 7 nitrogen and oxygen atoms in total. The maximum absolute atomic E-state index is 12.5. The lowest BCUT2D eigenvalue weighted by molar-refractivity contribution is -0.133. The lowest BCUT2D eigenvalue weighted by atomic mass is 10.2. The largest absolute Gasteiger partial charge is 0.484 e. The van der Waals surface area contributed by atoms with Gasteiger partial charge in [0, 0.05) is 39.3 Å². The van der Waals surface area contributed by atoms with E-state index >= 15 is 0 Å². The summed E-state index contributed by atoms with van der Waals surface area (Å²) in [6.45, 7) is 7.06. The highest BCUT2D eigenvalue weighted by Crippen LogP contribution is 2.20. The molecule has 0 N–H and O–H groups in total. The van der Waals surface area contributed by atoms with E-state index in [9.17, 15) is 4.79 Å². The summed E-state index contributed by atoms with van der Waals surface area (Å²) in [6.07, 6.45) is 5.07. The lowest BCUT2D eigenvalue weighted by Gasteiger charge is -2.35. The third kappa shape index (κ3) is 5.01. The van der Waals surface area contributed by atoms with Gasteiger partial charge in [0.1, 0.15) is 5.75 Å². The number of aromatic nitrogens is 2. The Morgan fingerprint density at radius 1 is 0.833 bits per heavy atom. The third-order valence-electron chi connectivity index (χ3n) is 5.97. The van der Waals surface area contributed by atoms with Gasteiger partial charge < -0.3 is 19.4 Å². The average molecular weight is 410 g/mol. The molecule has 30 heavy (non-hydrogen) atoms. The molecule has 2 aromatic rings. The van der Waals surface area contributed by atoms with Crippen molar-refractivity contribution in [2.75, 3.05) is 55.7 Å². The van der Waals surface area contributed by atoms with Crippen LogP contribution < -0.4 is 14.5 Å². The molecule has 0 saturated carbocycles. The topological polar surface area (TPSA) is 61.8 Å². The van der Waals surface area contributed by atoms with Crippen LogP contribution in [-0.4, -0.2) is 66.9 Å². The van der Waals surface area contributed by atoms with Crippen LogP contribution in [-0.2, 0) is 4.79 Å². The highest BCUT2D eigenvalue weighted by Gasteiger charge is 2.23. The van der Waals surface area contributed by atoms with Crippen molar-refractivity contribution in [3.63, 3.8) is 0 Å². The zero-order valence-corrected chi connectivity index (χ0v) is 17.8. The van der Waals surface area contributed by atoms with Crippen molar-refractivity contribution in [1.29, 1.82) is 0 Å².